The van der Waals surface area contributed by atoms with Crippen molar-refractivity contribution in [1.82, 2.24) is 0 Å². The maximum absolute atomic E-state index is 13.7. The maximum Gasteiger partial charge on any atom is 0.338 e. The molecule has 9 rings (SSSR count). The average Bonchev–Trinajstić information content (AvgIpc) is 3.56. The molecule has 4 heterocycles. The van der Waals surface area contributed by atoms with Gasteiger partial charge in [-0.3, -0.25) is 0 Å². The monoisotopic (exact) mass is 1020 g/mol. The van der Waals surface area contributed by atoms with Crippen LogP contribution in [0.2, 0.25) is 0 Å². The Morgan fingerprint density at radius 2 is 1.21 bits per heavy atom. The Morgan fingerprint density at radius 1 is 0.694 bits per heavy atom. The average molecular weight is 1020 g/mol. The highest BCUT2D eigenvalue weighted by molar-refractivity contribution is 5.89. The highest BCUT2D eigenvalue weighted by atomic mass is 16.8. The zero-order valence-electron chi connectivity index (χ0n) is 42.9. The summed E-state index contributed by atoms with van der Waals surface area (Å²) >= 11 is 0. The van der Waals surface area contributed by atoms with Crippen LogP contribution in [0, 0.1) is 16.7 Å². The Balaban J connectivity index is 0.786. The van der Waals surface area contributed by atoms with Crippen molar-refractivity contribution in [2.75, 3.05) is 7.11 Å². The Hall–Kier alpha value is -2.25. The van der Waals surface area contributed by atoms with Crippen LogP contribution in [0.15, 0.2) is 42.0 Å². The van der Waals surface area contributed by atoms with Crippen LogP contribution in [0.5, 0.6) is 0 Å². The van der Waals surface area contributed by atoms with Gasteiger partial charge in [0.05, 0.1) is 72.0 Å². The first-order valence-corrected chi connectivity index (χ1v) is 26.3. The summed E-state index contributed by atoms with van der Waals surface area (Å²) in [7, 11) is 1.51. The molecule has 1 aromatic rings. The third-order valence-corrected chi connectivity index (χ3v) is 18.7. The number of benzene rings is 1. The van der Waals surface area contributed by atoms with Crippen molar-refractivity contribution in [2.24, 2.45) is 16.7 Å². The minimum absolute atomic E-state index is 0.000291. The topological polar surface area (TPSA) is 271 Å². The molecule has 0 radical (unpaired) electrons. The van der Waals surface area contributed by atoms with Gasteiger partial charge in [0.25, 0.3) is 0 Å². The van der Waals surface area contributed by atoms with E-state index in [2.05, 4.69) is 6.92 Å². The van der Waals surface area contributed by atoms with E-state index in [1.54, 1.807) is 65.0 Å². The number of hydrogen-bond donors (Lipinski definition) is 8. The SMILES string of the molecule is COC1CC(OC2C(O)CC(OC3C(O)CC(OC4C(O)CC(OC5CCC6(C)C(=CCC7(O)C6CC(OC(=O)c6ccccc6)C6(C)C(O)(C(C)O)CCC76O)C5)OC4C)OC3C)OC2C)OC(C)C1O. The quantitative estimate of drug-likeness (QED) is 0.110. The molecule has 8 aliphatic rings. The Bertz CT molecular complexity index is 2040. The van der Waals surface area contributed by atoms with Crippen molar-refractivity contribution in [3.8, 4) is 0 Å². The number of carbonyl (C=O) groups is 1. The van der Waals surface area contributed by atoms with E-state index in [0.29, 0.717) is 24.8 Å². The smallest absolute Gasteiger partial charge is 0.338 e. The van der Waals surface area contributed by atoms with Gasteiger partial charge in [-0.05, 0) is 97.1 Å². The first-order chi connectivity index (χ1) is 34.0. The van der Waals surface area contributed by atoms with Gasteiger partial charge in [0, 0.05) is 38.7 Å². The largest absolute Gasteiger partial charge is 0.458 e. The van der Waals surface area contributed by atoms with Crippen molar-refractivity contribution in [2.45, 2.75) is 253 Å². The van der Waals surface area contributed by atoms with E-state index in [4.69, 9.17) is 47.4 Å². The van der Waals surface area contributed by atoms with Gasteiger partial charge in [-0.15, -0.1) is 0 Å². The number of methoxy groups -OCH3 is 1. The maximum atomic E-state index is 13.7. The third-order valence-electron chi connectivity index (χ3n) is 18.7. The molecule has 19 nitrogen and oxygen atoms in total. The van der Waals surface area contributed by atoms with E-state index in [0.717, 1.165) is 5.57 Å². The molecule has 406 valence electrons. The second kappa shape index (κ2) is 20.6. The molecular weight excluding hydrogens is 941 g/mol. The van der Waals surface area contributed by atoms with E-state index in [9.17, 15) is 45.6 Å². The molecule has 7 fully saturated rings. The number of aliphatic hydroxyl groups excluding tert-OH is 5. The number of rotatable bonds is 12. The number of hydrogen-bond acceptors (Lipinski definition) is 19. The minimum Gasteiger partial charge on any atom is -0.458 e. The molecule has 72 heavy (non-hydrogen) atoms. The molecule has 25 unspecified atom stereocenters. The van der Waals surface area contributed by atoms with Gasteiger partial charge < -0.3 is 88.2 Å². The highest BCUT2D eigenvalue weighted by Gasteiger charge is 2.81. The van der Waals surface area contributed by atoms with Crippen LogP contribution < -0.4 is 0 Å². The zero-order valence-corrected chi connectivity index (χ0v) is 42.9. The lowest BCUT2D eigenvalue weighted by molar-refractivity contribution is -0.344. The van der Waals surface area contributed by atoms with E-state index < -0.39 is 150 Å². The number of carbonyl (C=O) groups excluding carboxylic acids is 1. The van der Waals surface area contributed by atoms with Crippen LogP contribution in [0.1, 0.15) is 129 Å². The predicted molar refractivity (Wildman–Crippen MR) is 252 cm³/mol. The van der Waals surface area contributed by atoms with Gasteiger partial charge in [-0.1, -0.05) is 43.7 Å². The summed E-state index contributed by atoms with van der Waals surface area (Å²) in [6.45, 7) is 12.2. The molecule has 8 N–H and O–H groups in total. The Kier molecular flexibility index (Phi) is 15.6. The van der Waals surface area contributed by atoms with E-state index in [1.165, 1.54) is 14.0 Å². The van der Waals surface area contributed by atoms with Gasteiger partial charge in [0.2, 0.25) is 0 Å². The van der Waals surface area contributed by atoms with Crippen molar-refractivity contribution in [1.29, 1.82) is 0 Å². The fourth-order valence-corrected chi connectivity index (χ4v) is 14.4. The molecule has 4 aliphatic heterocycles. The zero-order chi connectivity index (χ0) is 51.9. The van der Waals surface area contributed by atoms with Crippen LogP contribution >= 0.6 is 0 Å². The van der Waals surface area contributed by atoms with Crippen LogP contribution in [0.4, 0.5) is 0 Å². The highest BCUT2D eigenvalue weighted by Crippen LogP contribution is 2.71. The second-order valence-electron chi connectivity index (χ2n) is 22.8. The summed E-state index contributed by atoms with van der Waals surface area (Å²) < 4.78 is 61.3. The molecule has 3 saturated carbocycles. The van der Waals surface area contributed by atoms with Gasteiger partial charge in [0.15, 0.2) is 25.2 Å². The molecule has 0 amide bonds. The number of fused-ring (bicyclic) bond motifs is 5. The summed E-state index contributed by atoms with van der Waals surface area (Å²) in [4.78, 5) is 13.7. The first kappa shape index (κ1) is 54.5. The molecule has 0 bridgehead atoms. The van der Waals surface area contributed by atoms with Crippen LogP contribution in [-0.4, -0.2) is 187 Å². The summed E-state index contributed by atoms with van der Waals surface area (Å²) in [5.41, 5.74) is -6.42. The predicted octanol–water partition coefficient (Wildman–Crippen LogP) is 2.67. The fraction of sp³-hybridized carbons (Fsp3) is 0.830. The van der Waals surface area contributed by atoms with Crippen molar-refractivity contribution < 1.29 is 93.0 Å². The summed E-state index contributed by atoms with van der Waals surface area (Å²) in [5, 5.41) is 93.4. The second-order valence-corrected chi connectivity index (χ2v) is 22.8. The van der Waals surface area contributed by atoms with Gasteiger partial charge in [-0.25, -0.2) is 4.79 Å². The molecule has 4 aliphatic carbocycles. The molecular formula is C53H80O19. The molecule has 1 aromatic carbocycles. The van der Waals surface area contributed by atoms with Gasteiger partial charge >= 0.3 is 5.97 Å². The van der Waals surface area contributed by atoms with E-state index in [-0.39, 0.29) is 57.5 Å². The lowest BCUT2D eigenvalue weighted by Crippen LogP contribution is -2.78. The number of ether oxygens (including phenoxy) is 10. The number of aliphatic hydroxyl groups is 8. The van der Waals surface area contributed by atoms with Crippen LogP contribution in [0.3, 0.4) is 0 Å². The first-order valence-electron chi connectivity index (χ1n) is 26.3. The van der Waals surface area contributed by atoms with Gasteiger partial charge in [0.1, 0.15) is 47.3 Å². The molecule has 19 heteroatoms. The van der Waals surface area contributed by atoms with Crippen molar-refractivity contribution in [3.63, 3.8) is 0 Å². The Labute approximate surface area is 421 Å². The minimum atomic E-state index is -1.93. The summed E-state index contributed by atoms with van der Waals surface area (Å²) in [5.74, 6) is -1.20. The van der Waals surface area contributed by atoms with Gasteiger partial charge in [-0.2, -0.15) is 0 Å². The van der Waals surface area contributed by atoms with Crippen molar-refractivity contribution in [3.05, 3.63) is 47.5 Å². The summed E-state index contributed by atoms with van der Waals surface area (Å²) in [6.07, 6.45) is -10.6. The van der Waals surface area contributed by atoms with E-state index in [1.807, 2.05) is 6.08 Å². The summed E-state index contributed by atoms with van der Waals surface area (Å²) in [6, 6.07) is 8.51. The standard InChI is InChI=1S/C53H80O19/c1-26-44(58)37(63-8)24-43(64-26)72-47-29(4)67-42(23-36(47)57)71-46-28(3)66-41(22-35(46)56)70-45-27(2)65-40(21-34(45)55)68-33-15-16-49(6)32(20-33)14-17-52(61)38(49)25-39(69-48(59)31-12-10-9-11-13-31)50(7)51(60,30(5)54)18-19-53(50,52)62/h9-14,26-30,33-47,54-58,60-62H,15-25H2,1-8H3. The number of esters is 1. The van der Waals surface area contributed by atoms with Crippen LogP contribution in [0.25, 0.3) is 0 Å². The fourth-order valence-electron chi connectivity index (χ4n) is 14.4. The molecule has 25 atom stereocenters. The normalized spacial score (nSPS) is 51.0. The molecule has 0 spiro atoms. The third kappa shape index (κ3) is 9.34. The van der Waals surface area contributed by atoms with Crippen molar-refractivity contribution >= 4 is 5.97 Å². The van der Waals surface area contributed by atoms with Crippen LogP contribution in [-0.2, 0) is 47.4 Å². The molecule has 0 aromatic heterocycles. The van der Waals surface area contributed by atoms with E-state index >= 15 is 0 Å². The lowest BCUT2D eigenvalue weighted by Gasteiger charge is -2.67. The molecule has 4 saturated heterocycles. The lowest BCUT2D eigenvalue weighted by atomic mass is 9.42. The Morgan fingerprint density at radius 3 is 1.72 bits per heavy atom.